The summed E-state index contributed by atoms with van der Waals surface area (Å²) in [6, 6.07) is 9.22. The second kappa shape index (κ2) is 11.9. The second-order valence-electron chi connectivity index (χ2n) is 6.08. The third-order valence-corrected chi connectivity index (χ3v) is 4.59. The van der Waals surface area contributed by atoms with Gasteiger partial charge in [0.05, 0.1) is 7.11 Å². The molecule has 0 bridgehead atoms. The maximum absolute atomic E-state index is 11.8. The molecule has 2 unspecified atom stereocenters. The molecule has 3 rings (SSSR count). The van der Waals surface area contributed by atoms with Gasteiger partial charge in [-0.1, -0.05) is 32.8 Å². The van der Waals surface area contributed by atoms with Crippen molar-refractivity contribution in [2.24, 2.45) is 5.92 Å². The van der Waals surface area contributed by atoms with E-state index in [9.17, 15) is 8.78 Å². The van der Waals surface area contributed by atoms with Gasteiger partial charge in [-0.25, -0.2) is 8.78 Å². The van der Waals surface area contributed by atoms with Gasteiger partial charge in [-0.05, 0) is 57.0 Å². The number of rotatable bonds is 4. The van der Waals surface area contributed by atoms with Crippen LogP contribution in [0.5, 0.6) is 11.5 Å². The average Bonchev–Trinajstić information content (AvgIpc) is 3.04. The number of hydrogen-bond donors (Lipinski definition) is 0. The Morgan fingerprint density at radius 3 is 2.60 bits per heavy atom. The van der Waals surface area contributed by atoms with Crippen molar-refractivity contribution in [2.45, 2.75) is 58.4 Å². The smallest absolute Gasteiger partial charge is 0.272 e. The van der Waals surface area contributed by atoms with Gasteiger partial charge in [0.2, 0.25) is 5.75 Å². The van der Waals surface area contributed by atoms with Crippen molar-refractivity contribution in [3.8, 4) is 11.5 Å². The summed E-state index contributed by atoms with van der Waals surface area (Å²) < 4.78 is 33.1. The molecule has 142 valence electrons. The molecule has 1 aromatic rings. The van der Waals surface area contributed by atoms with Crippen LogP contribution in [0.15, 0.2) is 12.1 Å². The lowest BCUT2D eigenvalue weighted by molar-refractivity contribution is 0.0804. The SMILES string of the molecule is CC.CN1CCC2CCCCC21.COc1ccc#cc1OCC(F)F. The highest BCUT2D eigenvalue weighted by Gasteiger charge is 2.32. The molecular weight excluding hydrogens is 324 g/mol. The molecule has 0 aromatic heterocycles. The molecule has 1 saturated heterocycles. The van der Waals surface area contributed by atoms with Gasteiger partial charge < -0.3 is 14.4 Å². The van der Waals surface area contributed by atoms with Crippen LogP contribution in [0.1, 0.15) is 46.0 Å². The third kappa shape index (κ3) is 7.07. The van der Waals surface area contributed by atoms with Crippen LogP contribution >= 0.6 is 0 Å². The number of nitrogens with zero attached hydrogens (tertiary/aromatic N) is 1. The van der Waals surface area contributed by atoms with Crippen LogP contribution in [0, 0.1) is 18.1 Å². The van der Waals surface area contributed by atoms with Crippen molar-refractivity contribution in [3.05, 3.63) is 24.3 Å². The number of alkyl halides is 2. The fourth-order valence-electron chi connectivity index (χ4n) is 3.42. The largest absolute Gasteiger partial charge is 0.492 e. The lowest BCUT2D eigenvalue weighted by Gasteiger charge is -2.28. The average molecular weight is 355 g/mol. The van der Waals surface area contributed by atoms with Gasteiger partial charge in [-0.2, -0.15) is 0 Å². The molecule has 2 atom stereocenters. The lowest BCUT2D eigenvalue weighted by atomic mass is 9.85. The molecule has 0 radical (unpaired) electrons. The normalized spacial score (nSPS) is 21.9. The summed E-state index contributed by atoms with van der Waals surface area (Å²) in [5.41, 5.74) is 0. The van der Waals surface area contributed by atoms with Gasteiger partial charge >= 0.3 is 0 Å². The van der Waals surface area contributed by atoms with Crippen LogP contribution in [0.25, 0.3) is 0 Å². The zero-order valence-corrected chi connectivity index (χ0v) is 15.9. The van der Waals surface area contributed by atoms with Gasteiger partial charge in [0.15, 0.2) is 5.75 Å². The van der Waals surface area contributed by atoms with Crippen molar-refractivity contribution in [3.63, 3.8) is 0 Å². The number of likely N-dealkylation sites (tertiary alicyclic amines) is 1. The minimum Gasteiger partial charge on any atom is -0.492 e. The Balaban J connectivity index is 0.000000233. The number of fused-ring (bicyclic) bond motifs is 1. The molecule has 1 aliphatic heterocycles. The first-order valence-corrected chi connectivity index (χ1v) is 9.19. The van der Waals surface area contributed by atoms with E-state index in [0.717, 1.165) is 12.0 Å². The zero-order chi connectivity index (χ0) is 18.7. The molecular formula is C20H31F2NO2. The van der Waals surface area contributed by atoms with Gasteiger partial charge in [0.25, 0.3) is 6.43 Å². The Morgan fingerprint density at radius 2 is 1.96 bits per heavy atom. The van der Waals surface area contributed by atoms with E-state index in [1.165, 1.54) is 45.8 Å². The molecule has 1 aromatic carbocycles. The van der Waals surface area contributed by atoms with Crippen LogP contribution in [-0.2, 0) is 0 Å². The highest BCUT2D eigenvalue weighted by molar-refractivity contribution is 5.35. The van der Waals surface area contributed by atoms with Crippen molar-refractivity contribution in [1.82, 2.24) is 4.90 Å². The van der Waals surface area contributed by atoms with Gasteiger partial charge in [-0.3, -0.25) is 0 Å². The van der Waals surface area contributed by atoms with E-state index in [1.807, 2.05) is 13.8 Å². The van der Waals surface area contributed by atoms with Crippen LogP contribution in [0.4, 0.5) is 8.78 Å². The Morgan fingerprint density at radius 1 is 1.24 bits per heavy atom. The van der Waals surface area contributed by atoms with Crippen molar-refractivity contribution >= 4 is 0 Å². The van der Waals surface area contributed by atoms with Crippen LogP contribution in [0.3, 0.4) is 0 Å². The number of halogens is 2. The molecule has 1 saturated carbocycles. The monoisotopic (exact) mass is 355 g/mol. The van der Waals surface area contributed by atoms with Gasteiger partial charge in [0, 0.05) is 6.04 Å². The summed E-state index contributed by atoms with van der Waals surface area (Å²) in [6.07, 6.45) is 4.93. The first kappa shape index (κ1) is 21.5. The van der Waals surface area contributed by atoms with Crippen molar-refractivity contribution in [2.75, 3.05) is 27.3 Å². The summed E-state index contributed by atoms with van der Waals surface area (Å²) in [4.78, 5) is 2.56. The second-order valence-corrected chi connectivity index (χ2v) is 6.08. The fraction of sp³-hybridized carbons (Fsp3) is 0.700. The van der Waals surface area contributed by atoms with Crippen LogP contribution < -0.4 is 9.47 Å². The van der Waals surface area contributed by atoms with E-state index < -0.39 is 13.0 Å². The molecule has 5 heteroatoms. The molecule has 1 aliphatic carbocycles. The maximum Gasteiger partial charge on any atom is 0.272 e. The Labute approximate surface area is 151 Å². The van der Waals surface area contributed by atoms with Crippen molar-refractivity contribution < 1.29 is 18.3 Å². The standard InChI is InChI=1S/C9H8F2O2.C9H17N.C2H6/c1-12-7-4-2-3-5-8(7)13-6-9(10)11;1-10-7-6-8-4-2-3-5-9(8)10;1-2/h2,4,9H,6H2,1H3;8-9H,2-7H2,1H3;1-2H3. The lowest BCUT2D eigenvalue weighted by Crippen LogP contribution is -2.31. The summed E-state index contributed by atoms with van der Waals surface area (Å²) >= 11 is 0. The van der Waals surface area contributed by atoms with E-state index in [-0.39, 0.29) is 5.75 Å². The van der Waals surface area contributed by atoms with E-state index >= 15 is 0 Å². The minimum absolute atomic E-state index is 0.158. The summed E-state index contributed by atoms with van der Waals surface area (Å²) in [6.45, 7) is 4.69. The Bertz CT molecular complexity index is 469. The highest BCUT2D eigenvalue weighted by atomic mass is 19.3. The molecule has 0 spiro atoms. The van der Waals surface area contributed by atoms with Gasteiger partial charge in [-0.15, -0.1) is 0 Å². The zero-order valence-electron chi connectivity index (χ0n) is 15.9. The maximum atomic E-state index is 11.8. The fourth-order valence-corrected chi connectivity index (χ4v) is 3.42. The molecule has 3 nitrogen and oxygen atoms in total. The predicted octanol–water partition coefficient (Wildman–Crippen LogP) is 4.85. The topological polar surface area (TPSA) is 21.7 Å². The molecule has 0 N–H and O–H groups in total. The summed E-state index contributed by atoms with van der Waals surface area (Å²) in [7, 11) is 3.72. The minimum atomic E-state index is -2.50. The Hall–Kier alpha value is -1.54. The quantitative estimate of drug-likeness (QED) is 0.771. The number of methoxy groups -OCH3 is 1. The highest BCUT2D eigenvalue weighted by Crippen LogP contribution is 2.34. The predicted molar refractivity (Wildman–Crippen MR) is 96.5 cm³/mol. The molecule has 2 aliphatic rings. The van der Waals surface area contributed by atoms with E-state index in [2.05, 4.69) is 24.1 Å². The molecule has 25 heavy (non-hydrogen) atoms. The third-order valence-electron chi connectivity index (χ3n) is 4.59. The molecule has 0 amide bonds. The molecule has 1 heterocycles. The first-order valence-electron chi connectivity index (χ1n) is 9.19. The van der Waals surface area contributed by atoms with Gasteiger partial charge in [0.1, 0.15) is 6.61 Å². The molecule has 2 fully saturated rings. The van der Waals surface area contributed by atoms with E-state index in [4.69, 9.17) is 9.47 Å². The van der Waals surface area contributed by atoms with Crippen LogP contribution in [-0.4, -0.2) is 44.7 Å². The Kier molecular flexibility index (Phi) is 10.3. The summed E-state index contributed by atoms with van der Waals surface area (Å²) in [5.74, 6) is 1.60. The first-order chi connectivity index (χ1) is 12.1. The van der Waals surface area contributed by atoms with E-state index in [0.29, 0.717) is 5.75 Å². The van der Waals surface area contributed by atoms with E-state index in [1.54, 1.807) is 12.1 Å². The van der Waals surface area contributed by atoms with Crippen LogP contribution in [0.2, 0.25) is 0 Å². The number of hydrogen-bond acceptors (Lipinski definition) is 3. The number of ether oxygens (including phenoxy) is 2. The summed E-state index contributed by atoms with van der Waals surface area (Å²) in [5, 5.41) is 0. The van der Waals surface area contributed by atoms with Crippen molar-refractivity contribution in [1.29, 1.82) is 0 Å².